The van der Waals surface area contributed by atoms with Gasteiger partial charge in [0, 0.05) is 11.5 Å². The van der Waals surface area contributed by atoms with Crippen molar-refractivity contribution >= 4 is 16.7 Å². The first-order valence-electron chi connectivity index (χ1n) is 6.75. The second kappa shape index (κ2) is 6.34. The Hall–Kier alpha value is -2.76. The van der Waals surface area contributed by atoms with E-state index in [1.165, 1.54) is 24.5 Å². The first kappa shape index (κ1) is 14.2. The van der Waals surface area contributed by atoms with Crippen LogP contribution in [0.5, 0.6) is 5.75 Å². The summed E-state index contributed by atoms with van der Waals surface area (Å²) >= 11 is 0. The molecule has 0 aliphatic heterocycles. The van der Waals surface area contributed by atoms with Gasteiger partial charge in [-0.1, -0.05) is 12.1 Å². The minimum Gasteiger partial charge on any atom is -0.489 e. The van der Waals surface area contributed by atoms with Crippen molar-refractivity contribution in [3.63, 3.8) is 0 Å². The zero-order valence-electron chi connectivity index (χ0n) is 11.6. The monoisotopic (exact) mass is 301 g/mol. The third kappa shape index (κ3) is 3.11. The Morgan fingerprint density at radius 3 is 2.77 bits per heavy atom. The fourth-order valence-electron chi connectivity index (χ4n) is 2.06. The summed E-state index contributed by atoms with van der Waals surface area (Å²) in [5.74, 6) is 0.0477. The van der Waals surface area contributed by atoms with Gasteiger partial charge in [0.25, 0.3) is 0 Å². The lowest BCUT2D eigenvalue weighted by Crippen LogP contribution is -2.13. The van der Waals surface area contributed by atoms with Crippen LogP contribution in [0.15, 0.2) is 48.8 Å². The van der Waals surface area contributed by atoms with Gasteiger partial charge >= 0.3 is 0 Å². The summed E-state index contributed by atoms with van der Waals surface area (Å²) in [6.07, 6.45) is 1.36. The predicted molar refractivity (Wildman–Crippen MR) is 79.9 cm³/mol. The lowest BCUT2D eigenvalue weighted by molar-refractivity contribution is 0.315. The molecule has 0 radical (unpaired) electrons. The summed E-state index contributed by atoms with van der Waals surface area (Å²) in [7, 11) is 0. The van der Waals surface area contributed by atoms with Crippen LogP contribution in [0.3, 0.4) is 0 Å². The minimum absolute atomic E-state index is 0.207. The summed E-state index contributed by atoms with van der Waals surface area (Å²) in [5, 5.41) is 3.79. The van der Waals surface area contributed by atoms with Crippen LogP contribution >= 0.6 is 0 Å². The van der Waals surface area contributed by atoms with Gasteiger partial charge in [0.1, 0.15) is 24.6 Å². The van der Waals surface area contributed by atoms with E-state index in [9.17, 15) is 8.78 Å². The molecule has 0 fully saturated rings. The number of aromatic nitrogens is 2. The lowest BCUT2D eigenvalue weighted by Gasteiger charge is -2.10. The summed E-state index contributed by atoms with van der Waals surface area (Å²) in [5.41, 5.74) is 0.521. The van der Waals surface area contributed by atoms with Gasteiger partial charge in [0.05, 0.1) is 12.1 Å². The molecule has 0 saturated carbocycles. The van der Waals surface area contributed by atoms with Crippen molar-refractivity contribution < 1.29 is 13.5 Å². The van der Waals surface area contributed by atoms with E-state index in [0.717, 1.165) is 5.39 Å². The topological polar surface area (TPSA) is 47.0 Å². The molecule has 3 aromatic rings. The fraction of sp³-hybridized carbons (Fsp3) is 0.125. The molecule has 1 aromatic heterocycles. The van der Waals surface area contributed by atoms with Crippen molar-refractivity contribution in [2.24, 2.45) is 0 Å². The highest BCUT2D eigenvalue weighted by Gasteiger charge is 2.05. The molecule has 1 heterocycles. The quantitative estimate of drug-likeness (QED) is 0.734. The van der Waals surface area contributed by atoms with Crippen LogP contribution in [0.25, 0.3) is 10.9 Å². The Balaban J connectivity index is 1.64. The van der Waals surface area contributed by atoms with Gasteiger partial charge in [0.15, 0.2) is 11.6 Å². The molecule has 4 nitrogen and oxygen atoms in total. The number of halogens is 2. The Labute approximate surface area is 125 Å². The second-order valence-corrected chi connectivity index (χ2v) is 4.59. The van der Waals surface area contributed by atoms with Gasteiger partial charge < -0.3 is 10.1 Å². The number of nitrogens with zero attached hydrogens (tertiary/aromatic N) is 2. The Kier molecular flexibility index (Phi) is 4.09. The third-order valence-corrected chi connectivity index (χ3v) is 3.09. The molecule has 2 aromatic carbocycles. The van der Waals surface area contributed by atoms with Crippen LogP contribution < -0.4 is 10.1 Å². The average Bonchev–Trinajstić information content (AvgIpc) is 2.53. The van der Waals surface area contributed by atoms with Crippen LogP contribution in [-0.4, -0.2) is 23.1 Å². The number of fused-ring (bicyclic) bond motifs is 1. The van der Waals surface area contributed by atoms with E-state index >= 15 is 0 Å². The van der Waals surface area contributed by atoms with E-state index in [1.54, 1.807) is 24.3 Å². The van der Waals surface area contributed by atoms with Crippen LogP contribution in [0, 0.1) is 11.6 Å². The molecule has 0 atom stereocenters. The van der Waals surface area contributed by atoms with E-state index in [2.05, 4.69) is 15.3 Å². The van der Waals surface area contributed by atoms with Crippen molar-refractivity contribution in [2.75, 3.05) is 18.5 Å². The largest absolute Gasteiger partial charge is 0.489 e. The van der Waals surface area contributed by atoms with Crippen molar-refractivity contribution in [3.8, 4) is 5.75 Å². The molecule has 1 N–H and O–H groups in total. The maximum absolute atomic E-state index is 13.4. The van der Waals surface area contributed by atoms with Crippen molar-refractivity contribution in [1.29, 1.82) is 0 Å². The number of ether oxygens (including phenoxy) is 1. The smallest absolute Gasteiger partial charge is 0.165 e. The molecular formula is C16H13F2N3O. The van der Waals surface area contributed by atoms with Crippen LogP contribution in [0.1, 0.15) is 0 Å². The molecule has 0 saturated heterocycles. The number of anilines is 1. The predicted octanol–water partition coefficient (Wildman–Crippen LogP) is 3.40. The van der Waals surface area contributed by atoms with E-state index < -0.39 is 5.82 Å². The van der Waals surface area contributed by atoms with Crippen molar-refractivity contribution in [2.45, 2.75) is 0 Å². The molecule has 0 aliphatic rings. The maximum atomic E-state index is 13.4. The molecule has 22 heavy (non-hydrogen) atoms. The summed E-state index contributed by atoms with van der Waals surface area (Å²) in [6, 6.07) is 10.5. The number of benzene rings is 2. The molecule has 6 heteroatoms. The molecule has 0 aliphatic carbocycles. The van der Waals surface area contributed by atoms with E-state index in [0.29, 0.717) is 17.9 Å². The zero-order valence-corrected chi connectivity index (χ0v) is 11.6. The molecule has 3 rings (SSSR count). The number of hydrogen-bond donors (Lipinski definition) is 1. The van der Waals surface area contributed by atoms with Gasteiger partial charge in [-0.2, -0.15) is 0 Å². The normalized spacial score (nSPS) is 10.6. The van der Waals surface area contributed by atoms with Crippen molar-refractivity contribution in [1.82, 2.24) is 9.97 Å². The number of rotatable bonds is 5. The van der Waals surface area contributed by atoms with E-state index in [-0.39, 0.29) is 18.2 Å². The zero-order chi connectivity index (χ0) is 15.4. The number of hydrogen-bond acceptors (Lipinski definition) is 4. The first-order chi connectivity index (χ1) is 10.7. The van der Waals surface area contributed by atoms with Crippen LogP contribution in [-0.2, 0) is 0 Å². The highest BCUT2D eigenvalue weighted by Crippen LogP contribution is 2.20. The van der Waals surface area contributed by atoms with Gasteiger partial charge in [-0.3, -0.25) is 0 Å². The number of para-hydroxylation sites is 1. The Morgan fingerprint density at radius 2 is 1.91 bits per heavy atom. The SMILES string of the molecule is Fc1ccc2c(NCCOc3ccccc3F)ncnc2c1. The van der Waals surface area contributed by atoms with Gasteiger partial charge in [-0.25, -0.2) is 18.7 Å². The third-order valence-electron chi connectivity index (χ3n) is 3.09. The molecule has 0 unspecified atom stereocenters. The maximum Gasteiger partial charge on any atom is 0.165 e. The fourth-order valence-corrected chi connectivity index (χ4v) is 2.06. The molecule has 0 amide bonds. The number of nitrogens with one attached hydrogen (secondary N) is 1. The Morgan fingerprint density at radius 1 is 1.05 bits per heavy atom. The highest BCUT2D eigenvalue weighted by molar-refractivity contribution is 5.88. The summed E-state index contributed by atoms with van der Waals surface area (Å²) in [6.45, 7) is 0.700. The Bertz CT molecular complexity index is 795. The highest BCUT2D eigenvalue weighted by atomic mass is 19.1. The molecule has 0 spiro atoms. The average molecular weight is 301 g/mol. The van der Waals surface area contributed by atoms with Crippen LogP contribution in [0.4, 0.5) is 14.6 Å². The standard InChI is InChI=1S/C16H13F2N3O/c17-11-5-6-12-14(9-11)20-10-21-16(12)19-7-8-22-15-4-2-1-3-13(15)18/h1-6,9-10H,7-8H2,(H,19,20,21). The summed E-state index contributed by atoms with van der Waals surface area (Å²) in [4.78, 5) is 8.14. The van der Waals surface area contributed by atoms with Crippen LogP contribution in [0.2, 0.25) is 0 Å². The lowest BCUT2D eigenvalue weighted by atomic mass is 10.2. The van der Waals surface area contributed by atoms with E-state index in [4.69, 9.17) is 4.74 Å². The van der Waals surface area contributed by atoms with E-state index in [1.807, 2.05) is 0 Å². The minimum atomic E-state index is -0.398. The summed E-state index contributed by atoms with van der Waals surface area (Å²) < 4.78 is 31.9. The molecule has 0 bridgehead atoms. The molecular weight excluding hydrogens is 288 g/mol. The second-order valence-electron chi connectivity index (χ2n) is 4.59. The van der Waals surface area contributed by atoms with Gasteiger partial charge in [-0.05, 0) is 24.3 Å². The van der Waals surface area contributed by atoms with Gasteiger partial charge in [-0.15, -0.1) is 0 Å². The molecule has 112 valence electrons. The van der Waals surface area contributed by atoms with Crippen molar-refractivity contribution in [3.05, 3.63) is 60.4 Å². The van der Waals surface area contributed by atoms with Gasteiger partial charge in [0.2, 0.25) is 0 Å². The first-order valence-corrected chi connectivity index (χ1v) is 6.75.